The summed E-state index contributed by atoms with van der Waals surface area (Å²) in [5.74, 6) is 0.169. The number of furan rings is 1. The van der Waals surface area contributed by atoms with E-state index in [2.05, 4.69) is 16.4 Å². The number of nitrogens with one attached hydrogen (secondary N) is 1. The summed E-state index contributed by atoms with van der Waals surface area (Å²) in [4.78, 5) is 31.9. The Bertz CT molecular complexity index is 973. The molecule has 30 heavy (non-hydrogen) atoms. The summed E-state index contributed by atoms with van der Waals surface area (Å²) in [6.45, 7) is 8.45. The van der Waals surface area contributed by atoms with E-state index >= 15 is 0 Å². The molecule has 0 aliphatic heterocycles. The van der Waals surface area contributed by atoms with Gasteiger partial charge in [0.2, 0.25) is 5.91 Å². The summed E-state index contributed by atoms with van der Waals surface area (Å²) < 4.78 is 5.59. The zero-order valence-electron chi connectivity index (χ0n) is 17.7. The van der Waals surface area contributed by atoms with Crippen LogP contribution in [0.25, 0.3) is 11.3 Å². The first-order chi connectivity index (χ1) is 14.4. The third-order valence-electron chi connectivity index (χ3n) is 5.07. The molecular formula is C22H26N4O3S. The Morgan fingerprint density at radius 2 is 2.10 bits per heavy atom. The van der Waals surface area contributed by atoms with Crippen LogP contribution in [0.2, 0.25) is 0 Å². The van der Waals surface area contributed by atoms with Crippen molar-refractivity contribution in [3.63, 3.8) is 0 Å². The Labute approximate surface area is 180 Å². The van der Waals surface area contributed by atoms with Crippen molar-refractivity contribution in [2.24, 2.45) is 0 Å². The number of rotatable bonds is 8. The van der Waals surface area contributed by atoms with Gasteiger partial charge in [0.05, 0.1) is 33.9 Å². The molecule has 8 heteroatoms. The summed E-state index contributed by atoms with van der Waals surface area (Å²) >= 11 is 1.23. The van der Waals surface area contributed by atoms with Gasteiger partial charge in [-0.2, -0.15) is 5.26 Å². The van der Waals surface area contributed by atoms with Crippen LogP contribution in [0.15, 0.2) is 27.8 Å². The lowest BCUT2D eigenvalue weighted by molar-refractivity contribution is -0.120. The molecule has 1 N–H and O–H groups in total. The maximum absolute atomic E-state index is 13.2. The van der Waals surface area contributed by atoms with Gasteiger partial charge in [0.1, 0.15) is 16.9 Å². The van der Waals surface area contributed by atoms with Crippen LogP contribution >= 0.6 is 11.8 Å². The van der Waals surface area contributed by atoms with Crippen LogP contribution in [-0.4, -0.2) is 46.1 Å². The van der Waals surface area contributed by atoms with Gasteiger partial charge in [-0.05, 0) is 52.7 Å². The van der Waals surface area contributed by atoms with E-state index in [1.807, 2.05) is 13.8 Å². The first-order valence-corrected chi connectivity index (χ1v) is 11.0. The van der Waals surface area contributed by atoms with E-state index < -0.39 is 5.25 Å². The van der Waals surface area contributed by atoms with Gasteiger partial charge in [-0.25, -0.2) is 4.98 Å². The standard InChI is InChI=1S/C22H26N4O3S/c1-5-26(6-2)22(28)18-13(3)24-21(30-14(4)20(27)25-15-9-10-15)16(12-23)19(18)17-8-7-11-29-17/h7-8,11,14-15H,5-6,9-10H2,1-4H3,(H,25,27)/t14-/m0/s1. The third kappa shape index (κ3) is 4.51. The lowest BCUT2D eigenvalue weighted by atomic mass is 9.98. The second-order valence-corrected chi connectivity index (χ2v) is 8.57. The molecule has 0 bridgehead atoms. The molecule has 2 amide bonds. The molecule has 158 valence electrons. The zero-order chi connectivity index (χ0) is 21.8. The molecule has 1 aliphatic rings. The quantitative estimate of drug-likeness (QED) is 0.645. The van der Waals surface area contributed by atoms with Crippen LogP contribution in [0.1, 0.15) is 55.2 Å². The molecule has 0 aromatic carbocycles. The summed E-state index contributed by atoms with van der Waals surface area (Å²) in [6, 6.07) is 5.91. The predicted molar refractivity (Wildman–Crippen MR) is 115 cm³/mol. The smallest absolute Gasteiger partial charge is 0.256 e. The molecule has 0 saturated heterocycles. The zero-order valence-corrected chi connectivity index (χ0v) is 18.5. The Hall–Kier alpha value is -2.79. The number of thioether (sulfide) groups is 1. The van der Waals surface area contributed by atoms with E-state index in [9.17, 15) is 14.9 Å². The number of hydrogen-bond donors (Lipinski definition) is 1. The third-order valence-corrected chi connectivity index (χ3v) is 6.16. The van der Waals surface area contributed by atoms with Crippen molar-refractivity contribution < 1.29 is 14.0 Å². The van der Waals surface area contributed by atoms with Gasteiger partial charge >= 0.3 is 0 Å². The molecular weight excluding hydrogens is 400 g/mol. The van der Waals surface area contributed by atoms with E-state index in [1.165, 1.54) is 18.0 Å². The molecule has 1 saturated carbocycles. The summed E-state index contributed by atoms with van der Waals surface area (Å²) in [5, 5.41) is 13.0. The maximum Gasteiger partial charge on any atom is 0.256 e. The summed E-state index contributed by atoms with van der Waals surface area (Å²) in [7, 11) is 0. The number of nitrogens with zero attached hydrogens (tertiary/aromatic N) is 3. The van der Waals surface area contributed by atoms with Crippen LogP contribution in [-0.2, 0) is 4.79 Å². The fraction of sp³-hybridized carbons (Fsp3) is 0.455. The molecule has 3 rings (SSSR count). The first kappa shape index (κ1) is 21.9. The molecule has 0 spiro atoms. The number of nitriles is 1. The summed E-state index contributed by atoms with van der Waals surface area (Å²) in [5.41, 5.74) is 1.56. The minimum atomic E-state index is -0.418. The van der Waals surface area contributed by atoms with E-state index in [4.69, 9.17) is 4.42 Å². The molecule has 1 atom stereocenters. The highest BCUT2D eigenvalue weighted by Gasteiger charge is 2.30. The van der Waals surface area contributed by atoms with E-state index in [1.54, 1.807) is 30.9 Å². The fourth-order valence-electron chi connectivity index (χ4n) is 3.23. The van der Waals surface area contributed by atoms with Gasteiger partial charge in [0.25, 0.3) is 5.91 Å². The van der Waals surface area contributed by atoms with Crippen LogP contribution < -0.4 is 5.32 Å². The molecule has 1 fully saturated rings. The largest absolute Gasteiger partial charge is 0.464 e. The van der Waals surface area contributed by atoms with Gasteiger partial charge < -0.3 is 14.6 Å². The molecule has 2 aromatic rings. The Morgan fingerprint density at radius 3 is 2.63 bits per heavy atom. The molecule has 7 nitrogen and oxygen atoms in total. The van der Waals surface area contributed by atoms with Gasteiger partial charge in [-0.15, -0.1) is 0 Å². The van der Waals surface area contributed by atoms with Crippen molar-refractivity contribution in [3.8, 4) is 17.4 Å². The van der Waals surface area contributed by atoms with Crippen LogP contribution in [0.5, 0.6) is 0 Å². The number of aryl methyl sites for hydroxylation is 1. The average Bonchev–Trinajstić information content (AvgIpc) is 3.37. The Morgan fingerprint density at radius 1 is 1.40 bits per heavy atom. The number of carbonyl (C=O) groups is 2. The van der Waals surface area contributed by atoms with Crippen LogP contribution in [0, 0.1) is 18.3 Å². The second kappa shape index (κ2) is 9.35. The number of amides is 2. The minimum Gasteiger partial charge on any atom is -0.464 e. The molecule has 1 aliphatic carbocycles. The van der Waals surface area contributed by atoms with Crippen molar-refractivity contribution in [2.45, 2.75) is 56.9 Å². The van der Waals surface area contributed by atoms with Crippen LogP contribution in [0.4, 0.5) is 0 Å². The topological polar surface area (TPSA) is 99.2 Å². The van der Waals surface area contributed by atoms with Gasteiger partial charge in [-0.1, -0.05) is 11.8 Å². The highest BCUT2D eigenvalue weighted by molar-refractivity contribution is 8.00. The SMILES string of the molecule is CCN(CC)C(=O)c1c(C)nc(S[C@@H](C)C(=O)NC2CC2)c(C#N)c1-c1ccco1. The van der Waals surface area contributed by atoms with Gasteiger partial charge in [-0.3, -0.25) is 9.59 Å². The number of aromatic nitrogens is 1. The van der Waals surface area contributed by atoms with E-state index in [0.717, 1.165) is 12.8 Å². The van der Waals surface area contributed by atoms with Crippen molar-refractivity contribution in [3.05, 3.63) is 35.2 Å². The fourth-order valence-corrected chi connectivity index (χ4v) is 4.20. The molecule has 2 aromatic heterocycles. The van der Waals surface area contributed by atoms with Crippen molar-refractivity contribution >= 4 is 23.6 Å². The van der Waals surface area contributed by atoms with Crippen molar-refractivity contribution in [1.82, 2.24) is 15.2 Å². The average molecular weight is 427 g/mol. The van der Waals surface area contributed by atoms with Gasteiger partial charge in [0.15, 0.2) is 0 Å². The molecule has 0 unspecified atom stereocenters. The maximum atomic E-state index is 13.2. The highest BCUT2D eigenvalue weighted by Crippen LogP contribution is 2.37. The molecule has 0 radical (unpaired) electrons. The Balaban J connectivity index is 2.08. The summed E-state index contributed by atoms with van der Waals surface area (Å²) in [6.07, 6.45) is 3.53. The van der Waals surface area contributed by atoms with Crippen LogP contribution in [0.3, 0.4) is 0 Å². The number of carbonyl (C=O) groups excluding carboxylic acids is 2. The number of hydrogen-bond acceptors (Lipinski definition) is 6. The predicted octanol–water partition coefficient (Wildman–Crippen LogP) is 3.76. The van der Waals surface area contributed by atoms with Crippen molar-refractivity contribution in [1.29, 1.82) is 5.26 Å². The lowest BCUT2D eigenvalue weighted by Crippen LogP contribution is -2.33. The highest BCUT2D eigenvalue weighted by atomic mass is 32.2. The van der Waals surface area contributed by atoms with E-state index in [-0.39, 0.29) is 23.4 Å². The first-order valence-electron chi connectivity index (χ1n) is 10.2. The monoisotopic (exact) mass is 426 g/mol. The van der Waals surface area contributed by atoms with Crippen molar-refractivity contribution in [2.75, 3.05) is 13.1 Å². The lowest BCUT2D eigenvalue weighted by Gasteiger charge is -2.22. The molecule has 2 heterocycles. The Kier molecular flexibility index (Phi) is 6.83. The minimum absolute atomic E-state index is 0.0753. The number of pyridine rings is 1. The normalized spacial score (nSPS) is 14.1. The van der Waals surface area contributed by atoms with Gasteiger partial charge in [0, 0.05) is 19.1 Å². The van der Waals surface area contributed by atoms with E-state index in [0.29, 0.717) is 40.7 Å². The second-order valence-electron chi connectivity index (χ2n) is 7.24.